The average molecular weight is 360 g/mol. The second-order valence-corrected chi connectivity index (χ2v) is 6.12. The first kappa shape index (κ1) is 19.5. The number of carboxylic acid groups (broad SMARTS) is 1. The fourth-order valence-corrected chi connectivity index (χ4v) is 2.58. The minimum absolute atomic E-state index is 0.164. The first-order valence-electron chi connectivity index (χ1n) is 8.53. The van der Waals surface area contributed by atoms with Crippen molar-refractivity contribution < 1.29 is 24.0 Å². The van der Waals surface area contributed by atoms with Gasteiger partial charge in [0.2, 0.25) is 5.91 Å². The second-order valence-electron chi connectivity index (χ2n) is 6.12. The van der Waals surface area contributed by atoms with E-state index >= 15 is 0 Å². The quantitative estimate of drug-likeness (QED) is 0.739. The summed E-state index contributed by atoms with van der Waals surface area (Å²) in [6.07, 6.45) is 0.880. The van der Waals surface area contributed by atoms with Crippen LogP contribution in [0.1, 0.15) is 35.9 Å². The summed E-state index contributed by atoms with van der Waals surface area (Å²) in [6, 6.07) is 7.21. The molecule has 0 aliphatic rings. The molecule has 2 rings (SSSR count). The number of carboxylic acids is 1. The van der Waals surface area contributed by atoms with Crippen LogP contribution in [0.2, 0.25) is 0 Å². The van der Waals surface area contributed by atoms with Crippen LogP contribution in [0.5, 0.6) is 5.75 Å². The maximum atomic E-state index is 12.3. The average Bonchev–Trinajstić information content (AvgIpc) is 2.92. The Morgan fingerprint density at radius 2 is 1.92 bits per heavy atom. The SMILES string of the molecule is CCCN(CC(=O)O)C(=O)Cc1ccc(OCc2c(C)noc2C)cc1. The molecule has 1 N–H and O–H groups in total. The van der Waals surface area contributed by atoms with Gasteiger partial charge in [0.25, 0.3) is 0 Å². The van der Waals surface area contributed by atoms with Crippen LogP contribution < -0.4 is 4.74 Å². The number of carbonyl (C=O) groups excluding carboxylic acids is 1. The van der Waals surface area contributed by atoms with Gasteiger partial charge >= 0.3 is 5.97 Å². The number of nitrogens with zero attached hydrogens (tertiary/aromatic N) is 2. The van der Waals surface area contributed by atoms with Crippen molar-refractivity contribution in [1.82, 2.24) is 10.1 Å². The van der Waals surface area contributed by atoms with E-state index in [-0.39, 0.29) is 18.9 Å². The van der Waals surface area contributed by atoms with Crippen LogP contribution in [-0.2, 0) is 22.6 Å². The van der Waals surface area contributed by atoms with Gasteiger partial charge in [-0.2, -0.15) is 0 Å². The fraction of sp³-hybridized carbons (Fsp3) is 0.421. The molecule has 0 unspecified atom stereocenters. The van der Waals surface area contributed by atoms with Gasteiger partial charge in [0.05, 0.1) is 17.7 Å². The number of aromatic nitrogens is 1. The van der Waals surface area contributed by atoms with Crippen molar-refractivity contribution in [2.24, 2.45) is 0 Å². The highest BCUT2D eigenvalue weighted by Crippen LogP contribution is 2.18. The Kier molecular flexibility index (Phi) is 6.77. The largest absolute Gasteiger partial charge is 0.489 e. The molecular formula is C19H24N2O5. The summed E-state index contributed by atoms with van der Waals surface area (Å²) < 4.78 is 10.8. The number of hydrogen-bond donors (Lipinski definition) is 1. The van der Waals surface area contributed by atoms with Gasteiger partial charge in [-0.3, -0.25) is 9.59 Å². The van der Waals surface area contributed by atoms with Crippen molar-refractivity contribution in [2.45, 2.75) is 40.2 Å². The Balaban J connectivity index is 1.94. The van der Waals surface area contributed by atoms with Crippen LogP contribution in [0.25, 0.3) is 0 Å². The molecule has 0 radical (unpaired) electrons. The van der Waals surface area contributed by atoms with Crippen LogP contribution in [0.3, 0.4) is 0 Å². The number of aliphatic carboxylic acids is 1. The first-order valence-corrected chi connectivity index (χ1v) is 8.53. The molecule has 0 atom stereocenters. The van der Waals surface area contributed by atoms with E-state index in [1.165, 1.54) is 4.90 Å². The van der Waals surface area contributed by atoms with Crippen molar-refractivity contribution in [3.05, 3.63) is 46.8 Å². The number of ether oxygens (including phenoxy) is 1. The molecule has 2 aromatic rings. The molecule has 0 saturated heterocycles. The van der Waals surface area contributed by atoms with Crippen molar-refractivity contribution >= 4 is 11.9 Å². The smallest absolute Gasteiger partial charge is 0.323 e. The van der Waals surface area contributed by atoms with E-state index in [1.54, 1.807) is 12.1 Å². The predicted molar refractivity (Wildman–Crippen MR) is 95.0 cm³/mol. The lowest BCUT2D eigenvalue weighted by Crippen LogP contribution is -2.37. The van der Waals surface area contributed by atoms with Gasteiger partial charge in [0.1, 0.15) is 24.7 Å². The van der Waals surface area contributed by atoms with Crippen molar-refractivity contribution in [1.29, 1.82) is 0 Å². The summed E-state index contributed by atoms with van der Waals surface area (Å²) in [5.74, 6) is 0.213. The van der Waals surface area contributed by atoms with Crippen LogP contribution in [0.4, 0.5) is 0 Å². The highest BCUT2D eigenvalue weighted by Gasteiger charge is 2.16. The number of rotatable bonds is 9. The lowest BCUT2D eigenvalue weighted by Gasteiger charge is -2.20. The number of amides is 1. The normalized spacial score (nSPS) is 10.6. The van der Waals surface area contributed by atoms with Crippen molar-refractivity contribution in [3.8, 4) is 5.75 Å². The second kappa shape index (κ2) is 9.03. The number of aryl methyl sites for hydroxylation is 2. The van der Waals surface area contributed by atoms with Gasteiger partial charge in [-0.15, -0.1) is 0 Å². The van der Waals surface area contributed by atoms with E-state index in [1.807, 2.05) is 32.9 Å². The molecular weight excluding hydrogens is 336 g/mol. The van der Waals surface area contributed by atoms with Gasteiger partial charge < -0.3 is 19.3 Å². The van der Waals surface area contributed by atoms with Crippen LogP contribution >= 0.6 is 0 Å². The number of hydrogen-bond acceptors (Lipinski definition) is 5. The molecule has 0 aliphatic heterocycles. The third-order valence-corrected chi connectivity index (χ3v) is 4.02. The Morgan fingerprint density at radius 3 is 2.46 bits per heavy atom. The van der Waals surface area contributed by atoms with Gasteiger partial charge in [0.15, 0.2) is 0 Å². The summed E-state index contributed by atoms with van der Waals surface area (Å²) in [4.78, 5) is 24.5. The fourth-order valence-electron chi connectivity index (χ4n) is 2.58. The summed E-state index contributed by atoms with van der Waals surface area (Å²) in [6.45, 7) is 6.14. The van der Waals surface area contributed by atoms with Crippen LogP contribution in [0.15, 0.2) is 28.8 Å². The zero-order valence-electron chi connectivity index (χ0n) is 15.3. The van der Waals surface area contributed by atoms with E-state index in [4.69, 9.17) is 14.4 Å². The lowest BCUT2D eigenvalue weighted by molar-refractivity contribution is -0.144. The molecule has 7 heteroatoms. The highest BCUT2D eigenvalue weighted by molar-refractivity contribution is 5.83. The van der Waals surface area contributed by atoms with E-state index in [2.05, 4.69) is 5.16 Å². The van der Waals surface area contributed by atoms with Crippen molar-refractivity contribution in [2.75, 3.05) is 13.1 Å². The zero-order chi connectivity index (χ0) is 19.1. The molecule has 0 spiro atoms. The Morgan fingerprint density at radius 1 is 1.23 bits per heavy atom. The Labute approximate surface area is 152 Å². The molecule has 0 aliphatic carbocycles. The molecule has 26 heavy (non-hydrogen) atoms. The predicted octanol–water partition coefficient (Wildman–Crippen LogP) is 2.74. The van der Waals surface area contributed by atoms with Gasteiger partial charge in [-0.1, -0.05) is 24.2 Å². The summed E-state index contributed by atoms with van der Waals surface area (Å²) in [5, 5.41) is 12.8. The van der Waals surface area contributed by atoms with E-state index in [0.29, 0.717) is 25.3 Å². The summed E-state index contributed by atoms with van der Waals surface area (Å²) in [5.41, 5.74) is 2.54. The molecule has 0 bridgehead atoms. The van der Waals surface area contributed by atoms with Crippen LogP contribution in [-0.4, -0.2) is 40.1 Å². The standard InChI is InChI=1S/C19H24N2O5/c1-4-9-21(11-19(23)24)18(22)10-15-5-7-16(8-6-15)25-12-17-13(2)20-26-14(17)3/h5-8H,4,9-12H2,1-3H3,(H,23,24). The van der Waals surface area contributed by atoms with Crippen molar-refractivity contribution in [3.63, 3.8) is 0 Å². The highest BCUT2D eigenvalue weighted by atomic mass is 16.5. The van der Waals surface area contributed by atoms with Gasteiger partial charge in [-0.25, -0.2) is 0 Å². The van der Waals surface area contributed by atoms with Gasteiger partial charge in [-0.05, 0) is 38.0 Å². The molecule has 140 valence electrons. The minimum Gasteiger partial charge on any atom is -0.489 e. The summed E-state index contributed by atoms with van der Waals surface area (Å²) in [7, 11) is 0. The minimum atomic E-state index is -1.00. The third kappa shape index (κ3) is 5.34. The molecule has 0 fully saturated rings. The van der Waals surface area contributed by atoms with E-state index in [0.717, 1.165) is 22.6 Å². The number of carbonyl (C=O) groups is 2. The van der Waals surface area contributed by atoms with E-state index in [9.17, 15) is 9.59 Å². The Bertz CT molecular complexity index is 732. The summed E-state index contributed by atoms with van der Waals surface area (Å²) >= 11 is 0. The number of benzene rings is 1. The molecule has 1 aromatic heterocycles. The topological polar surface area (TPSA) is 92.9 Å². The van der Waals surface area contributed by atoms with E-state index < -0.39 is 5.97 Å². The van der Waals surface area contributed by atoms with Gasteiger partial charge in [0, 0.05) is 6.54 Å². The third-order valence-electron chi connectivity index (χ3n) is 4.02. The maximum absolute atomic E-state index is 12.3. The first-order chi connectivity index (χ1) is 12.4. The maximum Gasteiger partial charge on any atom is 0.323 e. The lowest BCUT2D eigenvalue weighted by atomic mass is 10.1. The Hall–Kier alpha value is -2.83. The monoisotopic (exact) mass is 360 g/mol. The molecule has 0 saturated carbocycles. The zero-order valence-corrected chi connectivity index (χ0v) is 15.3. The molecule has 7 nitrogen and oxygen atoms in total. The molecule has 1 heterocycles. The molecule has 1 aromatic carbocycles. The molecule has 1 amide bonds. The van der Waals surface area contributed by atoms with Crippen LogP contribution in [0, 0.1) is 13.8 Å².